The molecule has 0 aromatic heterocycles. The maximum absolute atomic E-state index is 14.8. The first-order valence-corrected chi connectivity index (χ1v) is 13.2. The lowest BCUT2D eigenvalue weighted by Gasteiger charge is -2.33. The van der Waals surface area contributed by atoms with Crippen molar-refractivity contribution in [1.29, 1.82) is 0 Å². The van der Waals surface area contributed by atoms with Crippen molar-refractivity contribution in [2.75, 3.05) is 18.1 Å². The molecule has 7 heteroatoms. The molecule has 1 aliphatic rings. The molecule has 201 valence electrons. The summed E-state index contributed by atoms with van der Waals surface area (Å²) in [6, 6.07) is 11.3. The van der Waals surface area contributed by atoms with E-state index in [0.717, 1.165) is 24.8 Å². The Balaban J connectivity index is 1.45. The van der Waals surface area contributed by atoms with Gasteiger partial charge < -0.3 is 20.9 Å². The Hall–Kier alpha value is -3.09. The Labute approximate surface area is 219 Å². The van der Waals surface area contributed by atoms with Gasteiger partial charge in [0.15, 0.2) is 0 Å². The molecule has 0 saturated heterocycles. The monoisotopic (exact) mass is 513 g/mol. The fourth-order valence-corrected chi connectivity index (χ4v) is 4.81. The summed E-state index contributed by atoms with van der Waals surface area (Å²) < 4.78 is 39.9. The number of nitrogen functional groups attached to an aromatic ring is 2. The molecule has 5 nitrogen and oxygen atoms in total. The van der Waals surface area contributed by atoms with Gasteiger partial charge in [0, 0.05) is 23.4 Å². The number of carbonyl (C=O) groups is 1. The highest BCUT2D eigenvalue weighted by atomic mass is 19.3. The molecule has 2 aromatic rings. The van der Waals surface area contributed by atoms with Gasteiger partial charge in [-0.25, -0.2) is 4.79 Å². The summed E-state index contributed by atoms with van der Waals surface area (Å²) in [5.41, 5.74) is 14.1. The van der Waals surface area contributed by atoms with Crippen molar-refractivity contribution in [2.45, 2.75) is 70.3 Å². The number of nitrogens with two attached hydrogens (primary N) is 2. The number of alkyl halides is 2. The third-order valence-corrected chi connectivity index (χ3v) is 7.06. The molecule has 0 aliphatic heterocycles. The number of esters is 1. The summed E-state index contributed by atoms with van der Waals surface area (Å²) in [5.74, 6) is -0.973. The van der Waals surface area contributed by atoms with Crippen LogP contribution in [0.4, 0.5) is 20.2 Å². The third kappa shape index (κ3) is 8.76. The van der Waals surface area contributed by atoms with Crippen molar-refractivity contribution >= 4 is 23.4 Å². The van der Waals surface area contributed by atoms with Crippen molar-refractivity contribution in [3.05, 3.63) is 66.6 Å². The molecule has 1 fully saturated rings. The van der Waals surface area contributed by atoms with Crippen molar-refractivity contribution in [3.8, 4) is 5.75 Å². The fourth-order valence-electron chi connectivity index (χ4n) is 4.81. The van der Waals surface area contributed by atoms with Crippen molar-refractivity contribution in [1.82, 2.24) is 0 Å². The summed E-state index contributed by atoms with van der Waals surface area (Å²) in [7, 11) is 0. The van der Waals surface area contributed by atoms with Gasteiger partial charge in [0.2, 0.25) is 0 Å². The molecule has 3 rings (SSSR count). The van der Waals surface area contributed by atoms with Gasteiger partial charge in [-0.1, -0.05) is 50.8 Å². The van der Waals surface area contributed by atoms with E-state index in [2.05, 4.69) is 13.8 Å². The van der Waals surface area contributed by atoms with Gasteiger partial charge in [-0.3, -0.25) is 0 Å². The summed E-state index contributed by atoms with van der Waals surface area (Å²) in [6.07, 6.45) is 7.02. The molecule has 2 aromatic carbocycles. The van der Waals surface area contributed by atoms with Crippen LogP contribution in [0.25, 0.3) is 6.08 Å². The van der Waals surface area contributed by atoms with E-state index in [0.29, 0.717) is 35.7 Å². The second-order valence-corrected chi connectivity index (χ2v) is 9.99. The molecule has 4 N–H and O–H groups in total. The van der Waals surface area contributed by atoms with Gasteiger partial charge in [0.1, 0.15) is 5.75 Å². The molecule has 1 saturated carbocycles. The molecule has 1 radical (unpaired) electrons. The highest BCUT2D eigenvalue weighted by Gasteiger charge is 2.43. The minimum absolute atomic E-state index is 0.0554. The third-order valence-electron chi connectivity index (χ3n) is 7.06. The number of halogens is 2. The Morgan fingerprint density at radius 3 is 2.46 bits per heavy atom. The summed E-state index contributed by atoms with van der Waals surface area (Å²) in [6.45, 7) is 6.21. The Kier molecular flexibility index (Phi) is 10.4. The number of anilines is 2. The number of carbonyl (C=O) groups excluding carboxylic acids is 1. The van der Waals surface area contributed by atoms with Crippen LogP contribution in [0.1, 0.15) is 75.3 Å². The largest absolute Gasteiger partial charge is 0.462 e. The van der Waals surface area contributed by atoms with E-state index in [1.165, 1.54) is 37.5 Å². The predicted octanol–water partition coefficient (Wildman–Crippen LogP) is 7.38. The van der Waals surface area contributed by atoms with Gasteiger partial charge in [-0.05, 0) is 80.0 Å². The average molecular weight is 514 g/mol. The van der Waals surface area contributed by atoms with Crippen LogP contribution in [0.5, 0.6) is 5.75 Å². The molecule has 0 amide bonds. The Morgan fingerprint density at radius 2 is 1.81 bits per heavy atom. The Morgan fingerprint density at radius 1 is 1.11 bits per heavy atom. The minimum atomic E-state index is -3.20. The van der Waals surface area contributed by atoms with Gasteiger partial charge in [-0.2, -0.15) is 8.78 Å². The van der Waals surface area contributed by atoms with E-state index in [-0.39, 0.29) is 18.3 Å². The number of hydrogen-bond acceptors (Lipinski definition) is 5. The number of ether oxygens (including phenoxy) is 2. The standard InChI is InChI=1S/C30H39F2N2O3/c1-3-4-5-6-22-7-12-24(13-8-22)30(31,32)37-26-15-9-23(10-16-26)11-18-29(35)36-20-21(2)27-17-14-25(33)19-28(27)34/h9-11,14-19,21-22,24H,2-8,12-13,20,33-34H2,1H3/b18-11+. The smallest absolute Gasteiger partial charge is 0.400 e. The van der Waals surface area contributed by atoms with Crippen LogP contribution in [0.2, 0.25) is 0 Å². The molecule has 0 heterocycles. The van der Waals surface area contributed by atoms with Gasteiger partial charge in [0.05, 0.1) is 12.5 Å². The summed E-state index contributed by atoms with van der Waals surface area (Å²) in [4.78, 5) is 12.1. The lowest BCUT2D eigenvalue weighted by atomic mass is 9.79. The predicted molar refractivity (Wildman–Crippen MR) is 145 cm³/mol. The van der Waals surface area contributed by atoms with E-state index in [4.69, 9.17) is 20.9 Å². The van der Waals surface area contributed by atoms with E-state index in [1.807, 2.05) is 0 Å². The van der Waals surface area contributed by atoms with Crippen LogP contribution in [0, 0.1) is 18.8 Å². The number of benzene rings is 2. The highest BCUT2D eigenvalue weighted by molar-refractivity contribution is 5.87. The molecule has 0 bridgehead atoms. The summed E-state index contributed by atoms with van der Waals surface area (Å²) in [5, 5.41) is 0. The molecular weight excluding hydrogens is 474 g/mol. The molecule has 1 unspecified atom stereocenters. The first-order chi connectivity index (χ1) is 17.7. The SMILES string of the molecule is [CH2]C(COC(=O)/C=C/c1ccc(OC(F)(F)C2CCC(CCCCC)CC2)cc1)c1ccc(N)cc1N. The minimum Gasteiger partial charge on any atom is -0.462 e. The second-order valence-electron chi connectivity index (χ2n) is 9.99. The summed E-state index contributed by atoms with van der Waals surface area (Å²) >= 11 is 0. The van der Waals surface area contributed by atoms with Crippen molar-refractivity contribution in [3.63, 3.8) is 0 Å². The number of rotatable bonds is 12. The molecular formula is C30H39F2N2O3. The van der Waals surface area contributed by atoms with Crippen LogP contribution in [0.15, 0.2) is 48.5 Å². The lowest BCUT2D eigenvalue weighted by Crippen LogP contribution is -2.37. The quantitative estimate of drug-likeness (QED) is 0.134. The molecule has 1 aliphatic carbocycles. The average Bonchev–Trinajstić information content (AvgIpc) is 2.87. The van der Waals surface area contributed by atoms with Crippen molar-refractivity contribution in [2.24, 2.45) is 11.8 Å². The molecule has 0 spiro atoms. The molecule has 37 heavy (non-hydrogen) atoms. The molecule has 1 atom stereocenters. The van der Waals surface area contributed by atoms with E-state index in [9.17, 15) is 13.6 Å². The topological polar surface area (TPSA) is 87.6 Å². The highest BCUT2D eigenvalue weighted by Crippen LogP contribution is 2.41. The fraction of sp³-hybridized carbons (Fsp3) is 0.467. The zero-order valence-corrected chi connectivity index (χ0v) is 21.6. The lowest BCUT2D eigenvalue weighted by molar-refractivity contribution is -0.223. The van der Waals surface area contributed by atoms with Gasteiger partial charge in [-0.15, -0.1) is 0 Å². The van der Waals surface area contributed by atoms with Gasteiger partial charge in [0.25, 0.3) is 0 Å². The first-order valence-electron chi connectivity index (χ1n) is 13.2. The zero-order chi connectivity index (χ0) is 26.8. The van der Waals surface area contributed by atoms with Crippen LogP contribution in [-0.4, -0.2) is 18.7 Å². The van der Waals surface area contributed by atoms with E-state index < -0.39 is 18.0 Å². The maximum atomic E-state index is 14.8. The Bertz CT molecular complexity index is 1030. The van der Waals surface area contributed by atoms with Crippen molar-refractivity contribution < 1.29 is 23.0 Å². The van der Waals surface area contributed by atoms with Gasteiger partial charge >= 0.3 is 12.1 Å². The zero-order valence-electron chi connectivity index (χ0n) is 21.6. The normalized spacial score (nSPS) is 19.0. The van der Waals surface area contributed by atoms with E-state index in [1.54, 1.807) is 36.4 Å². The maximum Gasteiger partial charge on any atom is 0.400 e. The first kappa shape index (κ1) is 28.5. The van der Waals surface area contributed by atoms with Crippen LogP contribution in [-0.2, 0) is 9.53 Å². The van der Waals surface area contributed by atoms with E-state index >= 15 is 0 Å². The van der Waals surface area contributed by atoms with Crippen LogP contribution >= 0.6 is 0 Å². The van der Waals surface area contributed by atoms with Crippen LogP contribution < -0.4 is 16.2 Å². The number of hydrogen-bond donors (Lipinski definition) is 2. The number of unbranched alkanes of at least 4 members (excludes halogenated alkanes) is 2. The second kappa shape index (κ2) is 13.5. The van der Waals surface area contributed by atoms with Crippen LogP contribution in [0.3, 0.4) is 0 Å².